The molecule has 33 heavy (non-hydrogen) atoms. The summed E-state index contributed by atoms with van der Waals surface area (Å²) in [7, 11) is 0. The number of piperidine rings is 3. The van der Waals surface area contributed by atoms with Gasteiger partial charge < -0.3 is 15.1 Å². The summed E-state index contributed by atoms with van der Waals surface area (Å²) in [5.41, 5.74) is 4.08. The van der Waals surface area contributed by atoms with Gasteiger partial charge in [-0.15, -0.1) is 10.2 Å². The largest absolute Gasteiger partial charge is 0.334 e. The Labute approximate surface area is 194 Å². The fourth-order valence-corrected chi connectivity index (χ4v) is 6.09. The molecule has 2 bridgehead atoms. The van der Waals surface area contributed by atoms with E-state index in [0.717, 1.165) is 24.2 Å². The van der Waals surface area contributed by atoms with Crippen LogP contribution in [0, 0.1) is 5.92 Å². The Kier molecular flexibility index (Phi) is 4.94. The normalized spacial score (nSPS) is 28.4. The summed E-state index contributed by atoms with van der Waals surface area (Å²) < 4.78 is 1.89. The van der Waals surface area contributed by atoms with Crippen molar-refractivity contribution in [3.63, 3.8) is 0 Å². The molecule has 7 heteroatoms. The van der Waals surface area contributed by atoms with Crippen LogP contribution in [0.5, 0.6) is 0 Å². The number of rotatable bonds is 3. The van der Waals surface area contributed by atoms with Gasteiger partial charge in [-0.3, -0.25) is 4.57 Å². The fraction of sp³-hybridized carbons (Fsp3) is 0.423. The highest BCUT2D eigenvalue weighted by Crippen LogP contribution is 2.41. The smallest absolute Gasteiger partial charge is 0.318 e. The summed E-state index contributed by atoms with van der Waals surface area (Å²) in [6, 6.07) is 17.3. The van der Waals surface area contributed by atoms with E-state index in [0.29, 0.717) is 12.5 Å². The van der Waals surface area contributed by atoms with Crippen molar-refractivity contribution in [2.24, 2.45) is 5.92 Å². The summed E-state index contributed by atoms with van der Waals surface area (Å²) in [5.74, 6) is 0.602. The van der Waals surface area contributed by atoms with Crippen molar-refractivity contribution in [3.05, 3.63) is 77.9 Å². The van der Waals surface area contributed by atoms with Crippen LogP contribution in [-0.4, -0.2) is 62.8 Å². The molecule has 4 aliphatic rings. The van der Waals surface area contributed by atoms with Gasteiger partial charge in [0.15, 0.2) is 0 Å². The minimum absolute atomic E-state index is 0.0497. The molecule has 5 heterocycles. The lowest BCUT2D eigenvalue weighted by molar-refractivity contribution is 0.0671. The van der Waals surface area contributed by atoms with Crippen LogP contribution in [0.25, 0.3) is 5.69 Å². The van der Waals surface area contributed by atoms with Gasteiger partial charge in [0.1, 0.15) is 12.7 Å². The standard InChI is InChI=1S/C26H30N6O/c1-26(21-6-8-22(9-7-21)31-17-27-28-18-31)23-5-3-2-4-19(23)12-15-32(26)25(33)29-24-16-30-13-10-20(24)11-14-30/h2-9,17-18,20,24H,10-16H2,1H3,(H,29,33)/t24-,26+/m1/s1. The Balaban J connectivity index is 1.35. The maximum Gasteiger partial charge on any atom is 0.318 e. The zero-order valence-corrected chi connectivity index (χ0v) is 19.0. The first-order chi connectivity index (χ1) is 16.1. The average molecular weight is 443 g/mol. The van der Waals surface area contributed by atoms with Gasteiger partial charge in [-0.05, 0) is 74.0 Å². The van der Waals surface area contributed by atoms with Crippen molar-refractivity contribution < 1.29 is 4.79 Å². The monoisotopic (exact) mass is 442 g/mol. The summed E-state index contributed by atoms with van der Waals surface area (Å²) in [5, 5.41) is 11.3. The highest BCUT2D eigenvalue weighted by Gasteiger charge is 2.44. The first-order valence-corrected chi connectivity index (χ1v) is 12.0. The number of fused-ring (bicyclic) bond motifs is 4. The molecule has 1 N–H and O–H groups in total. The summed E-state index contributed by atoms with van der Waals surface area (Å²) >= 11 is 0. The zero-order valence-electron chi connectivity index (χ0n) is 19.0. The molecule has 7 rings (SSSR count). The maximum atomic E-state index is 13.8. The van der Waals surface area contributed by atoms with Crippen molar-refractivity contribution in [1.82, 2.24) is 29.9 Å². The van der Waals surface area contributed by atoms with Crippen LogP contribution in [0.2, 0.25) is 0 Å². The number of carbonyl (C=O) groups excluding carboxylic acids is 1. The van der Waals surface area contributed by atoms with E-state index in [2.05, 4.69) is 80.8 Å². The van der Waals surface area contributed by atoms with Gasteiger partial charge in [-0.2, -0.15) is 0 Å². The molecule has 2 aromatic carbocycles. The van der Waals surface area contributed by atoms with Crippen molar-refractivity contribution in [2.45, 2.75) is 37.8 Å². The Hall–Kier alpha value is -3.19. The Morgan fingerprint density at radius 2 is 1.73 bits per heavy atom. The summed E-state index contributed by atoms with van der Waals surface area (Å²) in [6.45, 7) is 6.21. The molecule has 0 unspecified atom stereocenters. The number of nitrogens with zero attached hydrogens (tertiary/aromatic N) is 5. The molecular formula is C26H30N6O. The van der Waals surface area contributed by atoms with Crippen LogP contribution in [0.1, 0.15) is 36.5 Å². The van der Waals surface area contributed by atoms with Gasteiger partial charge in [0.05, 0.1) is 5.54 Å². The highest BCUT2D eigenvalue weighted by molar-refractivity contribution is 5.77. The van der Waals surface area contributed by atoms with Crippen molar-refractivity contribution >= 4 is 6.03 Å². The van der Waals surface area contributed by atoms with E-state index in [9.17, 15) is 4.79 Å². The van der Waals surface area contributed by atoms with Crippen LogP contribution in [0.15, 0.2) is 61.2 Å². The van der Waals surface area contributed by atoms with E-state index in [1.54, 1.807) is 12.7 Å². The molecule has 3 saturated heterocycles. The third kappa shape index (κ3) is 3.42. The molecule has 2 atom stereocenters. The second-order valence-corrected chi connectivity index (χ2v) is 9.74. The maximum absolute atomic E-state index is 13.8. The fourth-order valence-electron chi connectivity index (χ4n) is 6.09. The van der Waals surface area contributed by atoms with Crippen LogP contribution >= 0.6 is 0 Å². The lowest BCUT2D eigenvalue weighted by Gasteiger charge is -2.49. The van der Waals surface area contributed by atoms with Gasteiger partial charge in [0, 0.05) is 24.8 Å². The van der Waals surface area contributed by atoms with Gasteiger partial charge in [0.2, 0.25) is 0 Å². The molecule has 1 aromatic heterocycles. The Morgan fingerprint density at radius 3 is 2.42 bits per heavy atom. The highest BCUT2D eigenvalue weighted by atomic mass is 16.2. The number of amides is 2. The second-order valence-electron chi connectivity index (χ2n) is 9.74. The molecule has 0 radical (unpaired) electrons. The zero-order chi connectivity index (χ0) is 22.4. The molecule has 4 aliphatic heterocycles. The van der Waals surface area contributed by atoms with Crippen molar-refractivity contribution in [3.8, 4) is 5.69 Å². The summed E-state index contributed by atoms with van der Waals surface area (Å²) in [4.78, 5) is 18.3. The molecule has 7 nitrogen and oxygen atoms in total. The molecule has 3 aromatic rings. The van der Waals surface area contributed by atoms with Crippen LogP contribution in [0.4, 0.5) is 4.79 Å². The predicted octanol–water partition coefficient (Wildman–Crippen LogP) is 3.19. The van der Waals surface area contributed by atoms with Crippen molar-refractivity contribution in [2.75, 3.05) is 26.2 Å². The van der Waals surface area contributed by atoms with E-state index in [1.165, 1.54) is 37.1 Å². The molecule has 170 valence electrons. The average Bonchev–Trinajstić information content (AvgIpc) is 3.40. The Morgan fingerprint density at radius 1 is 1.00 bits per heavy atom. The molecule has 3 fully saturated rings. The second kappa shape index (κ2) is 7.99. The predicted molar refractivity (Wildman–Crippen MR) is 126 cm³/mol. The van der Waals surface area contributed by atoms with Gasteiger partial charge >= 0.3 is 6.03 Å². The van der Waals surface area contributed by atoms with E-state index >= 15 is 0 Å². The quantitative estimate of drug-likeness (QED) is 0.677. The number of benzene rings is 2. The molecular weight excluding hydrogens is 412 g/mol. The SMILES string of the molecule is C[C@]1(c2ccc(-n3cnnc3)cc2)c2ccccc2CCN1C(=O)N[C@@H]1CN2CCC1CC2. The number of urea groups is 1. The number of nitrogens with one attached hydrogen (secondary N) is 1. The number of hydrogen-bond acceptors (Lipinski definition) is 4. The van der Waals surface area contributed by atoms with Crippen LogP contribution in [-0.2, 0) is 12.0 Å². The molecule has 2 amide bonds. The van der Waals surface area contributed by atoms with Gasteiger partial charge in [-0.1, -0.05) is 36.4 Å². The number of carbonyl (C=O) groups is 1. The summed E-state index contributed by atoms with van der Waals surface area (Å²) in [6.07, 6.45) is 6.64. The third-order valence-electron chi connectivity index (χ3n) is 8.04. The van der Waals surface area contributed by atoms with E-state index in [4.69, 9.17) is 0 Å². The van der Waals surface area contributed by atoms with E-state index in [1.807, 2.05) is 4.57 Å². The molecule has 0 saturated carbocycles. The van der Waals surface area contributed by atoms with Crippen LogP contribution < -0.4 is 5.32 Å². The topological polar surface area (TPSA) is 66.3 Å². The lowest BCUT2D eigenvalue weighted by Crippen LogP contribution is -2.62. The first-order valence-electron chi connectivity index (χ1n) is 12.0. The van der Waals surface area contributed by atoms with E-state index in [-0.39, 0.29) is 12.1 Å². The lowest BCUT2D eigenvalue weighted by atomic mass is 9.77. The first kappa shape index (κ1) is 20.4. The van der Waals surface area contributed by atoms with E-state index < -0.39 is 5.54 Å². The van der Waals surface area contributed by atoms with Gasteiger partial charge in [0.25, 0.3) is 0 Å². The molecule has 0 spiro atoms. The number of aromatic nitrogens is 3. The number of hydrogen-bond donors (Lipinski definition) is 1. The third-order valence-corrected chi connectivity index (χ3v) is 8.04. The Bertz CT molecular complexity index is 1140. The van der Waals surface area contributed by atoms with Gasteiger partial charge in [-0.25, -0.2) is 4.79 Å². The molecule has 0 aliphatic carbocycles. The minimum atomic E-state index is -0.543. The minimum Gasteiger partial charge on any atom is -0.334 e. The van der Waals surface area contributed by atoms with Crippen LogP contribution in [0.3, 0.4) is 0 Å². The van der Waals surface area contributed by atoms with Crippen molar-refractivity contribution in [1.29, 1.82) is 0 Å².